The Morgan fingerprint density at radius 3 is 2.78 bits per heavy atom. The number of aliphatic hydroxyl groups is 1. The molecule has 190 valence electrons. The molecule has 1 aliphatic rings. The zero-order valence-electron chi connectivity index (χ0n) is 21.0. The molecule has 1 aliphatic carbocycles. The van der Waals surface area contributed by atoms with E-state index in [1.165, 1.54) is 12.8 Å². The van der Waals surface area contributed by atoms with Gasteiger partial charge < -0.3 is 15.0 Å². The molecule has 0 aromatic carbocycles. The first kappa shape index (κ1) is 23.7. The van der Waals surface area contributed by atoms with Crippen molar-refractivity contribution in [1.82, 2.24) is 38.5 Å². The van der Waals surface area contributed by atoms with Crippen molar-refractivity contribution in [3.8, 4) is 22.6 Å². The van der Waals surface area contributed by atoms with Crippen molar-refractivity contribution >= 4 is 34.5 Å². The number of hydrogen-bond acceptors (Lipinski definition) is 8. The summed E-state index contributed by atoms with van der Waals surface area (Å²) in [4.78, 5) is 13.8. The van der Waals surface area contributed by atoms with Gasteiger partial charge in [-0.15, -0.1) is 0 Å². The van der Waals surface area contributed by atoms with E-state index in [1.807, 2.05) is 41.7 Å². The van der Waals surface area contributed by atoms with Crippen molar-refractivity contribution in [2.45, 2.75) is 51.4 Å². The van der Waals surface area contributed by atoms with E-state index in [4.69, 9.17) is 15.1 Å². The minimum atomic E-state index is 0.0530. The van der Waals surface area contributed by atoms with E-state index in [0.717, 1.165) is 33.3 Å². The lowest BCUT2D eigenvalue weighted by Crippen LogP contribution is -2.02. The van der Waals surface area contributed by atoms with Crippen LogP contribution in [0.1, 0.15) is 38.3 Å². The van der Waals surface area contributed by atoms with E-state index in [-0.39, 0.29) is 12.6 Å². The second-order valence-corrected chi connectivity index (χ2v) is 10.9. The summed E-state index contributed by atoms with van der Waals surface area (Å²) in [6.45, 7) is 6.88. The van der Waals surface area contributed by atoms with Crippen LogP contribution in [0.25, 0.3) is 33.5 Å². The minimum absolute atomic E-state index is 0.0530. The van der Waals surface area contributed by atoms with Crippen molar-refractivity contribution in [2.75, 3.05) is 11.9 Å². The highest BCUT2D eigenvalue weighted by Crippen LogP contribution is 2.36. The molecule has 0 saturated heterocycles. The Balaban J connectivity index is 1.30. The van der Waals surface area contributed by atoms with Gasteiger partial charge in [0.25, 0.3) is 0 Å². The summed E-state index contributed by atoms with van der Waals surface area (Å²) in [5, 5.41) is 23.5. The molecule has 5 heterocycles. The zero-order chi connectivity index (χ0) is 25.5. The number of nitrogens with zero attached hydrogens (tertiary/aromatic N) is 8. The van der Waals surface area contributed by atoms with E-state index < -0.39 is 0 Å². The lowest BCUT2D eigenvalue weighted by atomic mass is 10.1. The standard InChI is InChI=1S/C26H29N9OS/c1-16(2)34-15-21(25-17(3)13-33(32-25)8-9-36)20-12-28-24(10-22(20)34)30-23-6-7-27-26(31-23)18-11-29-35(14-18)37-19-4-5-19/h6-7,10-16,19,36H,4-5,8-9H2,1-3H3,(H,27,28,30,31). The Morgan fingerprint density at radius 2 is 2.00 bits per heavy atom. The SMILES string of the molecule is Cc1cn(CCO)nc1-c1cn(C(C)C)c2cc(Nc3ccnc(-c4cnn(SC5CC5)c4)n3)ncc12. The van der Waals surface area contributed by atoms with Crippen LogP contribution in [-0.4, -0.2) is 55.4 Å². The Kier molecular flexibility index (Phi) is 6.17. The quantitative estimate of drug-likeness (QED) is 0.287. The fourth-order valence-corrected chi connectivity index (χ4v) is 5.26. The minimum Gasteiger partial charge on any atom is -0.394 e. The zero-order valence-corrected chi connectivity index (χ0v) is 21.9. The predicted octanol–water partition coefficient (Wildman–Crippen LogP) is 4.84. The summed E-state index contributed by atoms with van der Waals surface area (Å²) in [7, 11) is 0. The molecule has 10 nitrogen and oxygen atoms in total. The van der Waals surface area contributed by atoms with E-state index in [9.17, 15) is 5.11 Å². The fourth-order valence-electron chi connectivity index (χ4n) is 4.34. The number of rotatable bonds is 9. The van der Waals surface area contributed by atoms with Gasteiger partial charge in [0.2, 0.25) is 0 Å². The maximum Gasteiger partial charge on any atom is 0.164 e. The van der Waals surface area contributed by atoms with Crippen LogP contribution in [0.4, 0.5) is 11.6 Å². The number of aliphatic hydroxyl groups excluding tert-OH is 1. The van der Waals surface area contributed by atoms with Crippen molar-refractivity contribution in [3.63, 3.8) is 0 Å². The van der Waals surface area contributed by atoms with Gasteiger partial charge in [-0.3, -0.25) is 4.68 Å². The van der Waals surface area contributed by atoms with Gasteiger partial charge in [-0.2, -0.15) is 10.2 Å². The van der Waals surface area contributed by atoms with Crippen LogP contribution in [0.3, 0.4) is 0 Å². The molecular formula is C26H29N9OS. The molecule has 0 unspecified atom stereocenters. The van der Waals surface area contributed by atoms with Gasteiger partial charge in [0, 0.05) is 59.3 Å². The van der Waals surface area contributed by atoms with Crippen LogP contribution >= 0.6 is 11.9 Å². The maximum atomic E-state index is 9.31. The Morgan fingerprint density at radius 1 is 1.14 bits per heavy atom. The highest BCUT2D eigenvalue weighted by Gasteiger charge is 2.23. The average molecular weight is 516 g/mol. The van der Waals surface area contributed by atoms with Crippen LogP contribution in [0, 0.1) is 6.92 Å². The molecule has 0 aliphatic heterocycles. The molecule has 5 aromatic heterocycles. The summed E-state index contributed by atoms with van der Waals surface area (Å²) < 4.78 is 5.92. The van der Waals surface area contributed by atoms with E-state index in [0.29, 0.717) is 29.3 Å². The summed E-state index contributed by atoms with van der Waals surface area (Å²) in [6, 6.07) is 4.13. The molecule has 0 bridgehead atoms. The first-order chi connectivity index (χ1) is 18.0. The smallest absolute Gasteiger partial charge is 0.164 e. The lowest BCUT2D eigenvalue weighted by Gasteiger charge is -2.10. The van der Waals surface area contributed by atoms with Crippen LogP contribution in [0.2, 0.25) is 0 Å². The van der Waals surface area contributed by atoms with E-state index in [1.54, 1.807) is 29.0 Å². The van der Waals surface area contributed by atoms with Gasteiger partial charge in [-0.05, 0) is 57.2 Å². The van der Waals surface area contributed by atoms with Crippen molar-refractivity contribution < 1.29 is 5.11 Å². The molecule has 1 saturated carbocycles. The van der Waals surface area contributed by atoms with Gasteiger partial charge in [0.15, 0.2) is 5.82 Å². The first-order valence-corrected chi connectivity index (χ1v) is 13.3. The largest absolute Gasteiger partial charge is 0.394 e. The lowest BCUT2D eigenvalue weighted by molar-refractivity contribution is 0.269. The third kappa shape index (κ3) is 4.84. The van der Waals surface area contributed by atoms with Crippen LogP contribution in [0.15, 0.2) is 49.3 Å². The molecule has 1 fully saturated rings. The summed E-state index contributed by atoms with van der Waals surface area (Å²) in [6.07, 6.45) is 14.0. The second-order valence-electron chi connectivity index (χ2n) is 9.60. The van der Waals surface area contributed by atoms with E-state index >= 15 is 0 Å². The van der Waals surface area contributed by atoms with Gasteiger partial charge >= 0.3 is 0 Å². The third-order valence-corrected chi connectivity index (χ3v) is 7.50. The maximum absolute atomic E-state index is 9.31. The number of pyridine rings is 1. The van der Waals surface area contributed by atoms with Crippen LogP contribution < -0.4 is 5.32 Å². The number of aryl methyl sites for hydroxylation is 1. The van der Waals surface area contributed by atoms with Crippen LogP contribution in [0.5, 0.6) is 0 Å². The number of hydrogen-bond donors (Lipinski definition) is 2. The molecule has 0 spiro atoms. The first-order valence-electron chi connectivity index (χ1n) is 12.5. The number of aromatic nitrogens is 8. The van der Waals surface area contributed by atoms with Crippen molar-refractivity contribution in [3.05, 3.63) is 54.9 Å². The summed E-state index contributed by atoms with van der Waals surface area (Å²) in [5.74, 6) is 1.99. The average Bonchev–Trinajstić information content (AvgIpc) is 3.26. The molecule has 2 N–H and O–H groups in total. The molecule has 0 amide bonds. The van der Waals surface area contributed by atoms with E-state index in [2.05, 4.69) is 40.0 Å². The number of nitrogens with one attached hydrogen (secondary N) is 1. The van der Waals surface area contributed by atoms with Gasteiger partial charge in [-0.1, -0.05) is 0 Å². The second kappa shape index (κ2) is 9.64. The monoisotopic (exact) mass is 515 g/mol. The molecule has 5 aromatic rings. The van der Waals surface area contributed by atoms with Gasteiger partial charge in [0.05, 0.1) is 36.1 Å². The molecule has 0 radical (unpaired) electrons. The summed E-state index contributed by atoms with van der Waals surface area (Å²) in [5.41, 5.74) is 4.94. The Bertz CT molecular complexity index is 1560. The fraction of sp³-hybridized carbons (Fsp3) is 0.346. The topological polar surface area (TPSA) is 112 Å². The van der Waals surface area contributed by atoms with Crippen LogP contribution in [-0.2, 0) is 6.54 Å². The highest BCUT2D eigenvalue weighted by atomic mass is 32.2. The Labute approximate surface area is 218 Å². The normalized spacial score (nSPS) is 13.6. The van der Waals surface area contributed by atoms with Crippen molar-refractivity contribution in [2.24, 2.45) is 0 Å². The molecule has 0 atom stereocenters. The summed E-state index contributed by atoms with van der Waals surface area (Å²) >= 11 is 1.75. The molecule has 11 heteroatoms. The number of fused-ring (bicyclic) bond motifs is 1. The van der Waals surface area contributed by atoms with Gasteiger partial charge in [-0.25, -0.2) is 19.0 Å². The Hall–Kier alpha value is -3.70. The highest BCUT2D eigenvalue weighted by molar-refractivity contribution is 7.98. The predicted molar refractivity (Wildman–Crippen MR) is 146 cm³/mol. The number of anilines is 2. The van der Waals surface area contributed by atoms with Gasteiger partial charge in [0.1, 0.15) is 11.6 Å². The van der Waals surface area contributed by atoms with Crippen molar-refractivity contribution in [1.29, 1.82) is 0 Å². The molecule has 6 rings (SSSR count). The third-order valence-electron chi connectivity index (χ3n) is 6.32. The molecule has 37 heavy (non-hydrogen) atoms. The molecular weight excluding hydrogens is 486 g/mol.